The standard InChI is InChI=1S/C16H15F3N2O2/c1-11-2-8-14(9-3-11)23-10-20-15(22)21-13-6-4-12(5-7-13)16(17,18)19/h2-9H,10H2,1H3,(H2,20,21,22). The van der Waals surface area contributed by atoms with Crippen LogP contribution in [0, 0.1) is 6.92 Å². The molecule has 2 aromatic carbocycles. The highest BCUT2D eigenvalue weighted by atomic mass is 19.4. The number of nitrogens with one attached hydrogen (secondary N) is 2. The first-order chi connectivity index (χ1) is 10.8. The van der Waals surface area contributed by atoms with Gasteiger partial charge in [-0.25, -0.2) is 4.79 Å². The van der Waals surface area contributed by atoms with Crippen LogP contribution >= 0.6 is 0 Å². The van der Waals surface area contributed by atoms with Crippen molar-refractivity contribution in [1.29, 1.82) is 0 Å². The Labute approximate surface area is 131 Å². The van der Waals surface area contributed by atoms with Crippen LogP contribution in [0.2, 0.25) is 0 Å². The second kappa shape index (κ2) is 7.04. The highest BCUT2D eigenvalue weighted by Crippen LogP contribution is 2.29. The molecule has 2 N–H and O–H groups in total. The monoisotopic (exact) mass is 324 g/mol. The van der Waals surface area contributed by atoms with Gasteiger partial charge in [0.15, 0.2) is 6.73 Å². The van der Waals surface area contributed by atoms with E-state index in [0.717, 1.165) is 17.7 Å². The summed E-state index contributed by atoms with van der Waals surface area (Å²) in [4.78, 5) is 11.6. The summed E-state index contributed by atoms with van der Waals surface area (Å²) in [6.07, 6.45) is -4.40. The third kappa shape index (κ3) is 5.21. The van der Waals surface area contributed by atoms with Gasteiger partial charge in [0.2, 0.25) is 0 Å². The van der Waals surface area contributed by atoms with Gasteiger partial charge in [-0.15, -0.1) is 0 Å². The van der Waals surface area contributed by atoms with Crippen LogP contribution in [0.25, 0.3) is 0 Å². The number of hydrogen-bond acceptors (Lipinski definition) is 2. The maximum absolute atomic E-state index is 12.4. The van der Waals surface area contributed by atoms with Crippen LogP contribution in [-0.4, -0.2) is 12.8 Å². The van der Waals surface area contributed by atoms with E-state index in [9.17, 15) is 18.0 Å². The molecule has 0 aliphatic rings. The number of benzene rings is 2. The van der Waals surface area contributed by atoms with E-state index in [0.29, 0.717) is 5.75 Å². The van der Waals surface area contributed by atoms with Crippen molar-refractivity contribution in [3.05, 3.63) is 59.7 Å². The van der Waals surface area contributed by atoms with Crippen molar-refractivity contribution in [2.75, 3.05) is 12.0 Å². The van der Waals surface area contributed by atoms with Gasteiger partial charge in [0, 0.05) is 5.69 Å². The molecule has 4 nitrogen and oxygen atoms in total. The minimum absolute atomic E-state index is 0.0600. The molecule has 23 heavy (non-hydrogen) atoms. The maximum atomic E-state index is 12.4. The first-order valence-electron chi connectivity index (χ1n) is 6.76. The summed E-state index contributed by atoms with van der Waals surface area (Å²) < 4.78 is 42.6. The maximum Gasteiger partial charge on any atom is 0.416 e. The van der Waals surface area contributed by atoms with Crippen molar-refractivity contribution >= 4 is 11.7 Å². The van der Waals surface area contributed by atoms with Crippen LogP contribution in [0.15, 0.2) is 48.5 Å². The fraction of sp³-hybridized carbons (Fsp3) is 0.188. The van der Waals surface area contributed by atoms with Crippen LogP contribution in [-0.2, 0) is 6.18 Å². The predicted octanol–water partition coefficient (Wildman–Crippen LogP) is 4.17. The lowest BCUT2D eigenvalue weighted by molar-refractivity contribution is -0.137. The van der Waals surface area contributed by atoms with Gasteiger partial charge < -0.3 is 15.4 Å². The van der Waals surface area contributed by atoms with Crippen molar-refractivity contribution in [2.24, 2.45) is 0 Å². The van der Waals surface area contributed by atoms with E-state index in [2.05, 4.69) is 10.6 Å². The molecule has 0 aliphatic heterocycles. The Morgan fingerprint density at radius 2 is 1.65 bits per heavy atom. The third-order valence-corrected chi connectivity index (χ3v) is 2.96. The highest BCUT2D eigenvalue weighted by molar-refractivity contribution is 5.89. The molecule has 0 radical (unpaired) electrons. The highest BCUT2D eigenvalue weighted by Gasteiger charge is 2.29. The summed E-state index contributed by atoms with van der Waals surface area (Å²) >= 11 is 0. The molecule has 0 saturated heterocycles. The SMILES string of the molecule is Cc1ccc(OCNC(=O)Nc2ccc(C(F)(F)F)cc2)cc1. The lowest BCUT2D eigenvalue weighted by atomic mass is 10.2. The molecule has 2 aromatic rings. The van der Waals surface area contributed by atoms with E-state index in [1.54, 1.807) is 12.1 Å². The number of carbonyl (C=O) groups is 1. The number of rotatable bonds is 4. The number of alkyl halides is 3. The van der Waals surface area contributed by atoms with Gasteiger partial charge >= 0.3 is 12.2 Å². The molecule has 0 bridgehead atoms. The minimum atomic E-state index is -4.40. The molecule has 0 atom stereocenters. The summed E-state index contributed by atoms with van der Waals surface area (Å²) in [6, 6.07) is 10.9. The number of amides is 2. The molecule has 0 saturated carbocycles. The summed E-state index contributed by atoms with van der Waals surface area (Å²) in [5, 5.41) is 4.86. The fourth-order valence-corrected chi connectivity index (χ4v) is 1.74. The van der Waals surface area contributed by atoms with Gasteiger partial charge in [0.1, 0.15) is 5.75 Å². The largest absolute Gasteiger partial charge is 0.473 e. The zero-order valence-electron chi connectivity index (χ0n) is 12.3. The summed E-state index contributed by atoms with van der Waals surface area (Å²) in [5.74, 6) is 0.602. The van der Waals surface area contributed by atoms with Crippen molar-refractivity contribution in [1.82, 2.24) is 5.32 Å². The van der Waals surface area contributed by atoms with E-state index in [1.807, 2.05) is 19.1 Å². The Kier molecular flexibility index (Phi) is 5.10. The number of hydrogen-bond donors (Lipinski definition) is 2. The van der Waals surface area contributed by atoms with E-state index in [-0.39, 0.29) is 12.4 Å². The van der Waals surface area contributed by atoms with Crippen LogP contribution in [0.4, 0.5) is 23.7 Å². The second-order valence-corrected chi connectivity index (χ2v) is 4.81. The van der Waals surface area contributed by atoms with E-state index >= 15 is 0 Å². The van der Waals surface area contributed by atoms with Crippen LogP contribution in [0.1, 0.15) is 11.1 Å². The zero-order valence-corrected chi connectivity index (χ0v) is 12.3. The average Bonchev–Trinajstić information content (AvgIpc) is 2.49. The molecule has 2 amide bonds. The first-order valence-corrected chi connectivity index (χ1v) is 6.76. The molecule has 0 aliphatic carbocycles. The number of anilines is 1. The minimum Gasteiger partial charge on any atom is -0.473 e. The molecule has 0 aromatic heterocycles. The Bertz CT molecular complexity index is 653. The molecule has 0 unspecified atom stereocenters. The van der Waals surface area contributed by atoms with Crippen molar-refractivity contribution in [2.45, 2.75) is 13.1 Å². The number of aryl methyl sites for hydroxylation is 1. The normalized spacial score (nSPS) is 11.0. The summed E-state index contributed by atoms with van der Waals surface area (Å²) in [5.41, 5.74) is 0.572. The van der Waals surface area contributed by atoms with Gasteiger partial charge in [-0.2, -0.15) is 13.2 Å². The number of ether oxygens (including phenoxy) is 1. The van der Waals surface area contributed by atoms with Gasteiger partial charge in [-0.05, 0) is 43.3 Å². The molecular formula is C16H15F3N2O2. The van der Waals surface area contributed by atoms with Gasteiger partial charge in [-0.1, -0.05) is 17.7 Å². The molecule has 7 heteroatoms. The third-order valence-electron chi connectivity index (χ3n) is 2.96. The van der Waals surface area contributed by atoms with Crippen molar-refractivity contribution in [3.63, 3.8) is 0 Å². The number of halogens is 3. The van der Waals surface area contributed by atoms with E-state index in [4.69, 9.17) is 4.74 Å². The second-order valence-electron chi connectivity index (χ2n) is 4.81. The summed E-state index contributed by atoms with van der Waals surface area (Å²) in [7, 11) is 0. The van der Waals surface area contributed by atoms with Gasteiger partial charge in [-0.3, -0.25) is 0 Å². The number of urea groups is 1. The Balaban J connectivity index is 1.79. The summed E-state index contributed by atoms with van der Waals surface area (Å²) in [6.45, 7) is 1.88. The lowest BCUT2D eigenvalue weighted by Crippen LogP contribution is -2.32. The average molecular weight is 324 g/mol. The Hall–Kier alpha value is -2.70. The predicted molar refractivity (Wildman–Crippen MR) is 80.3 cm³/mol. The van der Waals surface area contributed by atoms with Crippen LogP contribution < -0.4 is 15.4 Å². The van der Waals surface area contributed by atoms with Crippen molar-refractivity contribution in [3.8, 4) is 5.75 Å². The fourth-order valence-electron chi connectivity index (χ4n) is 1.74. The number of carbonyl (C=O) groups excluding carboxylic acids is 1. The van der Waals surface area contributed by atoms with E-state index in [1.165, 1.54) is 12.1 Å². The molecule has 122 valence electrons. The first kappa shape index (κ1) is 16.7. The topological polar surface area (TPSA) is 50.4 Å². The van der Waals surface area contributed by atoms with E-state index < -0.39 is 17.8 Å². The van der Waals surface area contributed by atoms with Crippen molar-refractivity contribution < 1.29 is 22.7 Å². The Morgan fingerprint density at radius 3 is 2.22 bits per heavy atom. The quantitative estimate of drug-likeness (QED) is 0.829. The molecule has 0 spiro atoms. The van der Waals surface area contributed by atoms with Gasteiger partial charge in [0.25, 0.3) is 0 Å². The van der Waals surface area contributed by atoms with Gasteiger partial charge in [0.05, 0.1) is 5.56 Å². The Morgan fingerprint density at radius 1 is 1.04 bits per heavy atom. The lowest BCUT2D eigenvalue weighted by Gasteiger charge is -2.11. The smallest absolute Gasteiger partial charge is 0.416 e. The zero-order chi connectivity index (χ0) is 16.9. The van der Waals surface area contributed by atoms with Crippen LogP contribution in [0.3, 0.4) is 0 Å². The van der Waals surface area contributed by atoms with Crippen LogP contribution in [0.5, 0.6) is 5.75 Å². The molecule has 0 fully saturated rings. The molecule has 2 rings (SSSR count). The molecular weight excluding hydrogens is 309 g/mol. The molecule has 0 heterocycles.